The number of rotatable bonds is 7. The zero-order valence-corrected chi connectivity index (χ0v) is 22.8. The molecule has 3 heterocycles. The number of hydrogen-bond donors (Lipinski definition) is 3. The number of thioether (sulfide) groups is 1. The molecule has 0 aliphatic heterocycles. The molecule has 1 saturated carbocycles. The van der Waals surface area contributed by atoms with E-state index in [4.69, 9.17) is 0 Å². The molecular formula is C27H35N5O4S. The van der Waals surface area contributed by atoms with Crippen LogP contribution in [0.1, 0.15) is 66.0 Å². The molecule has 3 aromatic heterocycles. The second-order valence-corrected chi connectivity index (χ2v) is 10.8. The van der Waals surface area contributed by atoms with Gasteiger partial charge in [-0.15, -0.1) is 11.8 Å². The molecule has 4 rings (SSSR count). The maximum absolute atomic E-state index is 13.5. The van der Waals surface area contributed by atoms with Crippen LogP contribution in [0, 0.1) is 19.8 Å². The molecular weight excluding hydrogens is 490 g/mol. The number of hydrogen-bond acceptors (Lipinski definition) is 5. The lowest BCUT2D eigenvalue weighted by Gasteiger charge is -2.36. The van der Waals surface area contributed by atoms with Gasteiger partial charge in [0.05, 0.1) is 5.56 Å². The van der Waals surface area contributed by atoms with E-state index in [-0.39, 0.29) is 30.1 Å². The van der Waals surface area contributed by atoms with Crippen molar-refractivity contribution < 1.29 is 14.7 Å². The fourth-order valence-electron chi connectivity index (χ4n) is 5.67. The van der Waals surface area contributed by atoms with E-state index in [1.807, 2.05) is 38.3 Å². The number of carbonyl (C=O) groups excluding carboxylic acids is 1. The van der Waals surface area contributed by atoms with Crippen molar-refractivity contribution in [3.05, 3.63) is 57.3 Å². The first-order chi connectivity index (χ1) is 17.6. The van der Waals surface area contributed by atoms with Crippen LogP contribution in [-0.4, -0.2) is 55.9 Å². The lowest BCUT2D eigenvalue weighted by Crippen LogP contribution is -2.39. The largest absolute Gasteiger partial charge is 0.465 e. The van der Waals surface area contributed by atoms with Crippen LogP contribution in [-0.2, 0) is 6.54 Å². The van der Waals surface area contributed by atoms with Crippen LogP contribution in [0.15, 0.2) is 34.1 Å². The lowest BCUT2D eigenvalue weighted by atomic mass is 9.81. The van der Waals surface area contributed by atoms with E-state index in [9.17, 15) is 19.5 Å². The number of amides is 2. The number of carbonyl (C=O) groups is 2. The Labute approximate surface area is 220 Å². The van der Waals surface area contributed by atoms with Crippen molar-refractivity contribution in [2.45, 2.75) is 70.0 Å². The third-order valence-corrected chi connectivity index (χ3v) is 8.59. The summed E-state index contributed by atoms with van der Waals surface area (Å²) in [6, 6.07) is 5.80. The molecule has 0 saturated heterocycles. The van der Waals surface area contributed by atoms with Crippen LogP contribution in [0.2, 0.25) is 0 Å². The van der Waals surface area contributed by atoms with Crippen LogP contribution in [0.25, 0.3) is 11.0 Å². The normalized spacial score (nSPS) is 18.5. The number of aryl methyl sites for hydroxylation is 1. The minimum absolute atomic E-state index is 0.0408. The first-order valence-corrected chi connectivity index (χ1v) is 13.8. The van der Waals surface area contributed by atoms with E-state index in [2.05, 4.69) is 26.8 Å². The SMILES string of the molecule is CSc1cc(C)[nH]c(=O)c1CNC(=O)c1c(C)n(C(C)C2CCC(N(C)C(=O)O)CC2)c2ncccc12. The van der Waals surface area contributed by atoms with Gasteiger partial charge >= 0.3 is 6.09 Å². The Kier molecular flexibility index (Phi) is 7.96. The summed E-state index contributed by atoms with van der Waals surface area (Å²) in [5.74, 6) is 0.112. The van der Waals surface area contributed by atoms with Gasteiger partial charge in [0.1, 0.15) is 5.65 Å². The van der Waals surface area contributed by atoms with E-state index in [1.165, 1.54) is 16.7 Å². The topological polar surface area (TPSA) is 120 Å². The predicted octanol–water partition coefficient (Wildman–Crippen LogP) is 4.72. The van der Waals surface area contributed by atoms with Crippen molar-refractivity contribution in [1.82, 2.24) is 24.8 Å². The third kappa shape index (κ3) is 5.25. The summed E-state index contributed by atoms with van der Waals surface area (Å²) >= 11 is 1.48. The van der Waals surface area contributed by atoms with Crippen molar-refractivity contribution in [3.63, 3.8) is 0 Å². The van der Waals surface area contributed by atoms with E-state index in [0.29, 0.717) is 17.0 Å². The Hall–Kier alpha value is -3.27. The highest BCUT2D eigenvalue weighted by molar-refractivity contribution is 7.98. The van der Waals surface area contributed by atoms with Crippen LogP contribution in [0.4, 0.5) is 4.79 Å². The summed E-state index contributed by atoms with van der Waals surface area (Å²) in [5.41, 5.74) is 3.31. The van der Waals surface area contributed by atoms with Gasteiger partial charge in [-0.25, -0.2) is 9.78 Å². The minimum atomic E-state index is -0.888. The molecule has 1 atom stereocenters. The Balaban J connectivity index is 1.59. The van der Waals surface area contributed by atoms with Crippen LogP contribution >= 0.6 is 11.8 Å². The van der Waals surface area contributed by atoms with Crippen molar-refractivity contribution in [2.75, 3.05) is 13.3 Å². The zero-order chi connectivity index (χ0) is 26.9. The maximum atomic E-state index is 13.5. The monoisotopic (exact) mass is 525 g/mol. The highest BCUT2D eigenvalue weighted by Gasteiger charge is 2.32. The van der Waals surface area contributed by atoms with Gasteiger partial charge in [0.15, 0.2) is 0 Å². The first kappa shape index (κ1) is 26.8. The van der Waals surface area contributed by atoms with E-state index in [0.717, 1.165) is 53.0 Å². The Morgan fingerprint density at radius 3 is 2.65 bits per heavy atom. The molecule has 0 bridgehead atoms. The number of H-pyrrole nitrogens is 1. The molecule has 9 nitrogen and oxygen atoms in total. The molecule has 3 aromatic rings. The van der Waals surface area contributed by atoms with Crippen molar-refractivity contribution in [1.29, 1.82) is 0 Å². The predicted molar refractivity (Wildman–Crippen MR) is 145 cm³/mol. The van der Waals surface area contributed by atoms with Crippen molar-refractivity contribution >= 4 is 34.8 Å². The second kappa shape index (κ2) is 11.0. The van der Waals surface area contributed by atoms with Crippen LogP contribution < -0.4 is 10.9 Å². The van der Waals surface area contributed by atoms with Gasteiger partial charge < -0.3 is 24.9 Å². The fourth-order valence-corrected chi connectivity index (χ4v) is 6.38. The molecule has 1 fully saturated rings. The standard InChI is InChI=1S/C27H35N5O4S/c1-15-13-22(37-5)21(25(33)30-15)14-29-26(34)23-17(3)32(24-20(23)7-6-12-28-24)16(2)18-8-10-19(11-9-18)31(4)27(35)36/h6-7,12-13,16,18-19H,8-11,14H2,1-5H3,(H,29,34)(H,30,33)(H,35,36). The lowest BCUT2D eigenvalue weighted by molar-refractivity contribution is 0.0951. The molecule has 0 aromatic carbocycles. The average molecular weight is 526 g/mol. The number of aromatic amines is 1. The second-order valence-electron chi connectivity index (χ2n) is 9.92. The average Bonchev–Trinajstić information content (AvgIpc) is 3.18. The van der Waals surface area contributed by atoms with E-state index in [1.54, 1.807) is 13.2 Å². The number of aromatic nitrogens is 3. The molecule has 2 amide bonds. The number of carboxylic acid groups (broad SMARTS) is 1. The number of nitrogens with one attached hydrogen (secondary N) is 2. The highest BCUT2D eigenvalue weighted by atomic mass is 32.2. The molecule has 37 heavy (non-hydrogen) atoms. The van der Waals surface area contributed by atoms with Gasteiger partial charge in [-0.3, -0.25) is 9.59 Å². The minimum Gasteiger partial charge on any atom is -0.465 e. The summed E-state index contributed by atoms with van der Waals surface area (Å²) < 4.78 is 2.15. The number of fused-ring (bicyclic) bond motifs is 1. The first-order valence-electron chi connectivity index (χ1n) is 12.6. The van der Waals surface area contributed by atoms with Gasteiger partial charge in [0, 0.05) is 59.1 Å². The molecule has 0 radical (unpaired) electrons. The molecule has 3 N–H and O–H groups in total. The number of nitrogens with zero attached hydrogens (tertiary/aromatic N) is 3. The maximum Gasteiger partial charge on any atom is 0.407 e. The van der Waals surface area contributed by atoms with Crippen molar-refractivity contribution in [2.24, 2.45) is 5.92 Å². The summed E-state index contributed by atoms with van der Waals surface area (Å²) in [6.07, 6.45) is 6.22. The summed E-state index contributed by atoms with van der Waals surface area (Å²) in [7, 11) is 1.64. The smallest absolute Gasteiger partial charge is 0.407 e. The summed E-state index contributed by atoms with van der Waals surface area (Å²) in [5, 5.41) is 13.1. The quantitative estimate of drug-likeness (QED) is 0.384. The van der Waals surface area contributed by atoms with Crippen molar-refractivity contribution in [3.8, 4) is 0 Å². The molecule has 198 valence electrons. The highest BCUT2D eigenvalue weighted by Crippen LogP contribution is 2.38. The molecule has 10 heteroatoms. The van der Waals surface area contributed by atoms with Gasteiger partial charge in [0.25, 0.3) is 11.5 Å². The van der Waals surface area contributed by atoms with Crippen LogP contribution in [0.3, 0.4) is 0 Å². The molecule has 1 aliphatic rings. The third-order valence-electron chi connectivity index (χ3n) is 7.79. The zero-order valence-electron chi connectivity index (χ0n) is 22.0. The Morgan fingerprint density at radius 2 is 2.00 bits per heavy atom. The molecule has 1 unspecified atom stereocenters. The summed E-state index contributed by atoms with van der Waals surface area (Å²) in [6.45, 7) is 6.08. The Morgan fingerprint density at radius 1 is 1.30 bits per heavy atom. The van der Waals surface area contributed by atoms with E-state index >= 15 is 0 Å². The van der Waals surface area contributed by atoms with Gasteiger partial charge in [0.2, 0.25) is 0 Å². The van der Waals surface area contributed by atoms with Crippen LogP contribution in [0.5, 0.6) is 0 Å². The van der Waals surface area contributed by atoms with Gasteiger partial charge in [-0.2, -0.15) is 0 Å². The fraction of sp³-hybridized carbons (Fsp3) is 0.481. The van der Waals surface area contributed by atoms with Gasteiger partial charge in [-0.1, -0.05) is 0 Å². The number of pyridine rings is 2. The Bertz CT molecular complexity index is 1370. The molecule has 1 aliphatic carbocycles. The summed E-state index contributed by atoms with van der Waals surface area (Å²) in [4.78, 5) is 47.1. The van der Waals surface area contributed by atoms with Gasteiger partial charge in [-0.05, 0) is 76.8 Å². The molecule has 0 spiro atoms. The van der Waals surface area contributed by atoms with E-state index < -0.39 is 6.09 Å².